The van der Waals surface area contributed by atoms with Crippen LogP contribution in [0.15, 0.2) is 42.5 Å². The molecule has 0 saturated heterocycles. The smallest absolute Gasteiger partial charge is 0.429 e. The number of rotatable bonds is 0. The lowest BCUT2D eigenvalue weighted by molar-refractivity contribution is 0.593. The van der Waals surface area contributed by atoms with E-state index in [9.17, 15) is 5.02 Å². The van der Waals surface area contributed by atoms with Crippen LogP contribution in [0.25, 0.3) is 11.1 Å². The summed E-state index contributed by atoms with van der Waals surface area (Å²) < 4.78 is 0. The van der Waals surface area contributed by atoms with Crippen LogP contribution in [0.5, 0.6) is 0 Å². The van der Waals surface area contributed by atoms with E-state index < -0.39 is 7.05 Å². The van der Waals surface area contributed by atoms with Crippen molar-refractivity contribution in [1.82, 2.24) is 0 Å². The molecule has 1 aliphatic rings. The molecule has 2 aromatic rings. The molecule has 0 amide bonds. The molecule has 0 aromatic heterocycles. The number of benzene rings is 2. The van der Waals surface area contributed by atoms with Gasteiger partial charge in [-0.25, -0.2) is 0 Å². The summed E-state index contributed by atoms with van der Waals surface area (Å²) in [6.45, 7) is 0. The summed E-state index contributed by atoms with van der Waals surface area (Å²) in [5.74, 6) is 0. The molecular formula is C12H11BN2O. The first-order valence-corrected chi connectivity index (χ1v) is 5.19. The topological polar surface area (TPSA) is 58.3 Å². The predicted octanol–water partition coefficient (Wildman–Crippen LogP) is 1.05. The molecule has 0 bridgehead atoms. The molecule has 78 valence electrons. The maximum atomic E-state index is 9.94. The van der Waals surface area contributed by atoms with E-state index in [2.05, 4.69) is 5.23 Å². The molecule has 2 aromatic carbocycles. The second-order valence-corrected chi connectivity index (χ2v) is 3.94. The van der Waals surface area contributed by atoms with E-state index in [1.54, 1.807) is 0 Å². The summed E-state index contributed by atoms with van der Waals surface area (Å²) >= 11 is 0. The van der Waals surface area contributed by atoms with Crippen molar-refractivity contribution in [3.8, 4) is 11.1 Å². The lowest BCUT2D eigenvalue weighted by Gasteiger charge is -2.23. The molecule has 4 heteroatoms. The van der Waals surface area contributed by atoms with Gasteiger partial charge in [0.2, 0.25) is 0 Å². The zero-order chi connectivity index (χ0) is 11.1. The molecule has 1 heterocycles. The van der Waals surface area contributed by atoms with Crippen LogP contribution in [0.3, 0.4) is 0 Å². The quantitative estimate of drug-likeness (QED) is 0.450. The van der Waals surface area contributed by atoms with E-state index in [0.717, 1.165) is 28.0 Å². The molecule has 4 N–H and O–H groups in total. The van der Waals surface area contributed by atoms with Crippen LogP contribution in [0.2, 0.25) is 0 Å². The average Bonchev–Trinajstić information content (AvgIpc) is 2.31. The Kier molecular flexibility index (Phi) is 1.91. The Hall–Kier alpha value is -1.94. The Morgan fingerprint density at radius 3 is 2.75 bits per heavy atom. The summed E-state index contributed by atoms with van der Waals surface area (Å²) in [7, 11) is -0.646. The molecule has 3 rings (SSSR count). The molecule has 16 heavy (non-hydrogen) atoms. The largest absolute Gasteiger partial charge is 0.447 e. The van der Waals surface area contributed by atoms with E-state index in [0.29, 0.717) is 0 Å². The fourth-order valence-corrected chi connectivity index (χ4v) is 2.12. The van der Waals surface area contributed by atoms with Gasteiger partial charge in [0.1, 0.15) is 0 Å². The molecule has 0 saturated carbocycles. The zero-order valence-electron chi connectivity index (χ0n) is 8.64. The molecule has 0 atom stereocenters. The highest BCUT2D eigenvalue weighted by Gasteiger charge is 2.26. The van der Waals surface area contributed by atoms with E-state index in [1.807, 2.05) is 42.5 Å². The Morgan fingerprint density at radius 2 is 1.88 bits per heavy atom. The Morgan fingerprint density at radius 1 is 1.06 bits per heavy atom. The third-order valence-corrected chi connectivity index (χ3v) is 2.88. The first kappa shape index (κ1) is 9.30. The van der Waals surface area contributed by atoms with E-state index in [1.165, 1.54) is 0 Å². The molecule has 0 radical (unpaired) electrons. The highest BCUT2D eigenvalue weighted by molar-refractivity contribution is 6.72. The minimum atomic E-state index is -0.646. The van der Waals surface area contributed by atoms with E-state index in [4.69, 9.17) is 5.73 Å². The van der Waals surface area contributed by atoms with Crippen molar-refractivity contribution in [3.05, 3.63) is 42.5 Å². The summed E-state index contributed by atoms with van der Waals surface area (Å²) in [5, 5.41) is 13.0. The van der Waals surface area contributed by atoms with Gasteiger partial charge in [-0.3, -0.25) is 0 Å². The number of nitrogens with two attached hydrogens (primary N) is 1. The Balaban J connectivity index is 2.29. The van der Waals surface area contributed by atoms with Crippen molar-refractivity contribution in [2.24, 2.45) is 0 Å². The molecule has 0 fully saturated rings. The van der Waals surface area contributed by atoms with E-state index in [-0.39, 0.29) is 0 Å². The summed E-state index contributed by atoms with van der Waals surface area (Å²) in [6.07, 6.45) is 0. The fourth-order valence-electron chi connectivity index (χ4n) is 2.12. The number of nitrogens with one attached hydrogen (secondary N) is 1. The highest BCUT2D eigenvalue weighted by atomic mass is 16.2. The van der Waals surface area contributed by atoms with Crippen LogP contribution in [-0.2, 0) is 0 Å². The monoisotopic (exact) mass is 210 g/mol. The lowest BCUT2D eigenvalue weighted by Crippen LogP contribution is -2.42. The van der Waals surface area contributed by atoms with Crippen LogP contribution in [0.4, 0.5) is 11.4 Å². The summed E-state index contributed by atoms with van der Waals surface area (Å²) in [4.78, 5) is 0. The van der Waals surface area contributed by atoms with Gasteiger partial charge in [-0.15, -0.1) is 0 Å². The number of hydrogen-bond acceptors (Lipinski definition) is 3. The highest BCUT2D eigenvalue weighted by Crippen LogP contribution is 2.31. The van der Waals surface area contributed by atoms with Crippen LogP contribution in [0.1, 0.15) is 0 Å². The number of anilines is 2. The van der Waals surface area contributed by atoms with Crippen molar-refractivity contribution in [2.75, 3.05) is 11.0 Å². The van der Waals surface area contributed by atoms with Crippen molar-refractivity contribution in [3.63, 3.8) is 0 Å². The first-order valence-electron chi connectivity index (χ1n) is 5.19. The molecule has 0 spiro atoms. The SMILES string of the molecule is Nc1ccc2c(c1)-c1ccccc1B(O)N2. The normalized spacial score (nSPS) is 12.7. The minimum absolute atomic E-state index is 0.646. The van der Waals surface area contributed by atoms with Gasteiger partial charge in [-0.1, -0.05) is 24.3 Å². The third-order valence-electron chi connectivity index (χ3n) is 2.88. The van der Waals surface area contributed by atoms with Gasteiger partial charge in [0.05, 0.1) is 0 Å². The van der Waals surface area contributed by atoms with Crippen molar-refractivity contribution < 1.29 is 5.02 Å². The van der Waals surface area contributed by atoms with Crippen molar-refractivity contribution >= 4 is 23.9 Å². The summed E-state index contributed by atoms with van der Waals surface area (Å²) in [5.41, 5.74) is 10.4. The third kappa shape index (κ3) is 1.27. The lowest BCUT2D eigenvalue weighted by atomic mass is 9.67. The zero-order valence-corrected chi connectivity index (χ0v) is 8.64. The van der Waals surface area contributed by atoms with Crippen LogP contribution in [0, 0.1) is 0 Å². The average molecular weight is 210 g/mol. The Labute approximate surface area is 94.0 Å². The molecular weight excluding hydrogens is 199 g/mol. The van der Waals surface area contributed by atoms with Gasteiger partial charge in [0, 0.05) is 16.9 Å². The molecule has 3 nitrogen and oxygen atoms in total. The predicted molar refractivity (Wildman–Crippen MR) is 67.5 cm³/mol. The van der Waals surface area contributed by atoms with E-state index >= 15 is 0 Å². The standard InChI is InChI=1S/C12H11BN2O/c14-8-5-6-12-10(7-8)9-3-1-2-4-11(9)13(16)15-12/h1-7,15-16H,14H2. The second-order valence-electron chi connectivity index (χ2n) is 3.94. The van der Waals surface area contributed by atoms with Gasteiger partial charge in [0.15, 0.2) is 0 Å². The van der Waals surface area contributed by atoms with Crippen LogP contribution in [-0.4, -0.2) is 12.1 Å². The van der Waals surface area contributed by atoms with Gasteiger partial charge in [-0.2, -0.15) is 0 Å². The molecule has 1 aliphatic heterocycles. The first-order chi connectivity index (χ1) is 7.75. The number of fused-ring (bicyclic) bond motifs is 3. The van der Waals surface area contributed by atoms with Gasteiger partial charge in [-0.05, 0) is 29.2 Å². The van der Waals surface area contributed by atoms with Gasteiger partial charge < -0.3 is 16.0 Å². The van der Waals surface area contributed by atoms with Crippen molar-refractivity contribution in [2.45, 2.75) is 0 Å². The van der Waals surface area contributed by atoms with Crippen molar-refractivity contribution in [1.29, 1.82) is 0 Å². The second kappa shape index (κ2) is 3.28. The van der Waals surface area contributed by atoms with Gasteiger partial charge >= 0.3 is 7.05 Å². The maximum Gasteiger partial charge on any atom is 0.447 e. The van der Waals surface area contributed by atoms with Gasteiger partial charge in [0.25, 0.3) is 0 Å². The summed E-state index contributed by atoms with van der Waals surface area (Å²) in [6, 6.07) is 13.4. The minimum Gasteiger partial charge on any atom is -0.429 e. The van der Waals surface area contributed by atoms with Crippen LogP contribution < -0.4 is 16.4 Å². The number of nitrogen functional groups attached to an aromatic ring is 1. The fraction of sp³-hybridized carbons (Fsp3) is 0. The molecule has 0 aliphatic carbocycles. The molecule has 0 unspecified atom stereocenters. The number of hydrogen-bond donors (Lipinski definition) is 3. The van der Waals surface area contributed by atoms with Crippen LogP contribution >= 0.6 is 0 Å². The Bertz CT molecular complexity index is 556. The maximum absolute atomic E-state index is 9.94.